The van der Waals surface area contributed by atoms with Crippen molar-refractivity contribution in [1.29, 1.82) is 0 Å². The molecule has 1 N–H and O–H groups in total. The zero-order valence-electron chi connectivity index (χ0n) is 14.4. The van der Waals surface area contributed by atoms with E-state index in [0.717, 1.165) is 39.4 Å². The van der Waals surface area contributed by atoms with Crippen LogP contribution in [-0.2, 0) is 14.3 Å². The largest absolute Gasteiger partial charge is 0.379 e. The van der Waals surface area contributed by atoms with E-state index in [-0.39, 0.29) is 23.7 Å². The molecule has 2 atom stereocenters. The molecule has 1 amide bonds. The predicted molar refractivity (Wildman–Crippen MR) is 85.9 cm³/mol. The van der Waals surface area contributed by atoms with Crippen molar-refractivity contribution in [2.45, 2.75) is 45.4 Å². The maximum Gasteiger partial charge on any atom is 0.234 e. The average molecular weight is 313 g/mol. The molecule has 0 aromatic heterocycles. The first-order valence-corrected chi connectivity index (χ1v) is 8.34. The van der Waals surface area contributed by atoms with Gasteiger partial charge in [-0.05, 0) is 27.7 Å². The zero-order valence-corrected chi connectivity index (χ0v) is 14.4. The molecule has 0 aliphatic carbocycles. The van der Waals surface area contributed by atoms with E-state index in [4.69, 9.17) is 9.47 Å². The molecule has 2 aliphatic heterocycles. The van der Waals surface area contributed by atoms with Gasteiger partial charge in [0.05, 0.1) is 32.0 Å². The molecule has 2 unspecified atom stereocenters. The Labute approximate surface area is 134 Å². The van der Waals surface area contributed by atoms with Crippen molar-refractivity contribution < 1.29 is 14.3 Å². The van der Waals surface area contributed by atoms with Crippen molar-refractivity contribution in [3.63, 3.8) is 0 Å². The Morgan fingerprint density at radius 3 is 2.36 bits per heavy atom. The third-order valence-corrected chi connectivity index (χ3v) is 4.45. The van der Waals surface area contributed by atoms with Crippen LogP contribution in [0, 0.1) is 0 Å². The van der Waals surface area contributed by atoms with Crippen LogP contribution >= 0.6 is 0 Å². The summed E-state index contributed by atoms with van der Waals surface area (Å²) in [7, 11) is 0. The number of carbonyl (C=O) groups excluding carboxylic acids is 1. The monoisotopic (exact) mass is 313 g/mol. The summed E-state index contributed by atoms with van der Waals surface area (Å²) >= 11 is 0. The maximum absolute atomic E-state index is 12.2. The summed E-state index contributed by atoms with van der Waals surface area (Å²) in [5.41, 5.74) is -0.0367. The van der Waals surface area contributed by atoms with Crippen LogP contribution in [0.15, 0.2) is 0 Å². The summed E-state index contributed by atoms with van der Waals surface area (Å²) in [5, 5.41) is 3.09. The molecule has 0 radical (unpaired) electrons. The normalized spacial score (nSPS) is 28.5. The highest BCUT2D eigenvalue weighted by atomic mass is 16.5. The molecular weight excluding hydrogens is 282 g/mol. The first kappa shape index (κ1) is 17.7. The topological polar surface area (TPSA) is 54.0 Å². The molecule has 2 saturated heterocycles. The lowest BCUT2D eigenvalue weighted by atomic mass is 10.0. The van der Waals surface area contributed by atoms with E-state index >= 15 is 0 Å². The van der Waals surface area contributed by atoms with Crippen LogP contribution in [0.4, 0.5) is 0 Å². The molecule has 0 aromatic rings. The lowest BCUT2D eigenvalue weighted by molar-refractivity contribution is -0.126. The molecule has 2 fully saturated rings. The maximum atomic E-state index is 12.2. The fourth-order valence-electron chi connectivity index (χ4n) is 3.27. The fraction of sp³-hybridized carbons (Fsp3) is 0.938. The Kier molecular flexibility index (Phi) is 6.20. The molecule has 128 valence electrons. The first-order chi connectivity index (χ1) is 10.4. The molecule has 0 bridgehead atoms. The van der Waals surface area contributed by atoms with E-state index in [0.29, 0.717) is 13.1 Å². The smallest absolute Gasteiger partial charge is 0.234 e. The van der Waals surface area contributed by atoms with E-state index in [1.165, 1.54) is 0 Å². The lowest BCUT2D eigenvalue weighted by Gasteiger charge is -2.41. The zero-order chi connectivity index (χ0) is 16.2. The third-order valence-electron chi connectivity index (χ3n) is 4.45. The molecule has 0 saturated carbocycles. The van der Waals surface area contributed by atoms with Gasteiger partial charge in [-0.3, -0.25) is 14.6 Å². The van der Waals surface area contributed by atoms with Gasteiger partial charge in [0.25, 0.3) is 0 Å². The van der Waals surface area contributed by atoms with Crippen molar-refractivity contribution in [2.24, 2.45) is 0 Å². The molecule has 22 heavy (non-hydrogen) atoms. The van der Waals surface area contributed by atoms with Gasteiger partial charge in [0, 0.05) is 38.3 Å². The number of rotatable bonds is 5. The summed E-state index contributed by atoms with van der Waals surface area (Å²) in [6, 6.07) is 0. The van der Waals surface area contributed by atoms with Crippen molar-refractivity contribution in [1.82, 2.24) is 15.1 Å². The minimum absolute atomic E-state index is 0.0367. The van der Waals surface area contributed by atoms with Gasteiger partial charge in [0.15, 0.2) is 0 Å². The quantitative estimate of drug-likeness (QED) is 0.792. The van der Waals surface area contributed by atoms with Crippen LogP contribution in [-0.4, -0.2) is 85.9 Å². The van der Waals surface area contributed by atoms with Gasteiger partial charge in [-0.15, -0.1) is 0 Å². The van der Waals surface area contributed by atoms with E-state index in [1.807, 2.05) is 0 Å². The molecule has 6 nitrogen and oxygen atoms in total. The van der Waals surface area contributed by atoms with Crippen LogP contribution in [0.1, 0.15) is 27.7 Å². The summed E-state index contributed by atoms with van der Waals surface area (Å²) in [6.45, 7) is 14.7. The molecule has 0 spiro atoms. The van der Waals surface area contributed by atoms with Crippen LogP contribution in [0.2, 0.25) is 0 Å². The summed E-state index contributed by atoms with van der Waals surface area (Å²) in [4.78, 5) is 16.8. The lowest BCUT2D eigenvalue weighted by Crippen LogP contribution is -2.56. The van der Waals surface area contributed by atoms with Crippen molar-refractivity contribution in [3.05, 3.63) is 0 Å². The number of nitrogens with one attached hydrogen (secondary N) is 1. The Bertz CT molecular complexity index is 360. The number of hydrogen-bond donors (Lipinski definition) is 1. The SMILES string of the molecule is CC1CN(CC(=O)NCC(C)(C)N2CCOCC2)CC(C)O1. The third kappa shape index (κ3) is 5.19. The first-order valence-electron chi connectivity index (χ1n) is 8.34. The number of morpholine rings is 2. The minimum atomic E-state index is -0.0367. The van der Waals surface area contributed by atoms with Gasteiger partial charge in [0.1, 0.15) is 0 Å². The molecule has 2 heterocycles. The molecule has 6 heteroatoms. The Morgan fingerprint density at radius 2 is 1.77 bits per heavy atom. The number of ether oxygens (including phenoxy) is 2. The van der Waals surface area contributed by atoms with Gasteiger partial charge in [-0.25, -0.2) is 0 Å². The fourth-order valence-corrected chi connectivity index (χ4v) is 3.27. The summed E-state index contributed by atoms with van der Waals surface area (Å²) in [5.74, 6) is 0.0997. The van der Waals surface area contributed by atoms with E-state index < -0.39 is 0 Å². The second-order valence-corrected chi connectivity index (χ2v) is 7.14. The number of carbonyl (C=O) groups is 1. The summed E-state index contributed by atoms with van der Waals surface area (Å²) < 4.78 is 11.1. The number of nitrogens with zero attached hydrogens (tertiary/aromatic N) is 2. The summed E-state index contributed by atoms with van der Waals surface area (Å²) in [6.07, 6.45) is 0.391. The highest BCUT2D eigenvalue weighted by molar-refractivity contribution is 5.78. The van der Waals surface area contributed by atoms with Gasteiger partial charge < -0.3 is 14.8 Å². The van der Waals surface area contributed by atoms with Crippen molar-refractivity contribution in [2.75, 3.05) is 52.5 Å². The Hall–Kier alpha value is -0.690. The number of amides is 1. The predicted octanol–water partition coefficient (Wildman–Crippen LogP) is 0.323. The van der Waals surface area contributed by atoms with Crippen LogP contribution in [0.3, 0.4) is 0 Å². The van der Waals surface area contributed by atoms with E-state index in [2.05, 4.69) is 42.8 Å². The molecule has 2 aliphatic rings. The molecule has 2 rings (SSSR count). The Morgan fingerprint density at radius 1 is 1.18 bits per heavy atom. The minimum Gasteiger partial charge on any atom is -0.379 e. The van der Waals surface area contributed by atoms with Gasteiger partial charge in [0.2, 0.25) is 5.91 Å². The second kappa shape index (κ2) is 7.73. The van der Waals surface area contributed by atoms with Crippen LogP contribution in [0.5, 0.6) is 0 Å². The van der Waals surface area contributed by atoms with E-state index in [1.54, 1.807) is 0 Å². The van der Waals surface area contributed by atoms with Gasteiger partial charge >= 0.3 is 0 Å². The second-order valence-electron chi connectivity index (χ2n) is 7.14. The highest BCUT2D eigenvalue weighted by Crippen LogP contribution is 2.15. The van der Waals surface area contributed by atoms with Gasteiger partial charge in [-0.1, -0.05) is 0 Å². The highest BCUT2D eigenvalue weighted by Gasteiger charge is 2.29. The Balaban J connectivity index is 1.74. The molecular formula is C16H31N3O3. The van der Waals surface area contributed by atoms with Crippen LogP contribution < -0.4 is 5.32 Å². The average Bonchev–Trinajstić information content (AvgIpc) is 2.45. The van der Waals surface area contributed by atoms with Gasteiger partial charge in [-0.2, -0.15) is 0 Å². The van der Waals surface area contributed by atoms with Crippen LogP contribution in [0.25, 0.3) is 0 Å². The number of hydrogen-bond acceptors (Lipinski definition) is 5. The van der Waals surface area contributed by atoms with Crippen molar-refractivity contribution in [3.8, 4) is 0 Å². The molecule has 0 aromatic carbocycles. The van der Waals surface area contributed by atoms with E-state index in [9.17, 15) is 4.79 Å². The standard InChI is InChI=1S/C16H31N3O3/c1-13-9-18(10-14(2)22-13)11-15(20)17-12-16(3,4)19-5-7-21-8-6-19/h13-14H,5-12H2,1-4H3,(H,17,20). The van der Waals surface area contributed by atoms with Crippen molar-refractivity contribution >= 4 is 5.91 Å².